The smallest absolute Gasteiger partial charge is 0.209 e. The van der Waals surface area contributed by atoms with Gasteiger partial charge in [-0.15, -0.1) is 11.6 Å². The van der Waals surface area contributed by atoms with Crippen LogP contribution in [0.25, 0.3) is 0 Å². The van der Waals surface area contributed by atoms with Crippen molar-refractivity contribution in [2.75, 3.05) is 0 Å². The average molecular weight is 198 g/mol. The number of halogens is 1. The molecule has 3 rings (SSSR count). The average Bonchev–Trinajstić information content (AvgIpc) is 2.67. The first kappa shape index (κ1) is 7.86. The number of fused-ring (bicyclic) bond motifs is 1. The summed E-state index contributed by atoms with van der Waals surface area (Å²) in [5.41, 5.74) is 0. The molecule has 2 saturated carbocycles. The molecule has 0 radical (unpaired) electrons. The number of hydrogen-bond donors (Lipinski definition) is 0. The first-order chi connectivity index (χ1) is 6.36. The van der Waals surface area contributed by atoms with Gasteiger partial charge in [0.15, 0.2) is 0 Å². The van der Waals surface area contributed by atoms with Gasteiger partial charge in [0.05, 0.1) is 12.1 Å². The van der Waals surface area contributed by atoms with Gasteiger partial charge in [-0.2, -0.15) is 0 Å². The summed E-state index contributed by atoms with van der Waals surface area (Å²) in [5, 5.41) is 0. The van der Waals surface area contributed by atoms with Gasteiger partial charge >= 0.3 is 0 Å². The fourth-order valence-corrected chi connectivity index (χ4v) is 2.65. The SMILES string of the molecule is ClCc1ncc(C2CC3CC3C2)o1. The molecule has 2 unspecified atom stereocenters. The van der Waals surface area contributed by atoms with E-state index in [9.17, 15) is 0 Å². The molecule has 1 aromatic heterocycles. The Morgan fingerprint density at radius 3 is 2.77 bits per heavy atom. The molecule has 0 aliphatic heterocycles. The number of rotatable bonds is 2. The summed E-state index contributed by atoms with van der Waals surface area (Å²) in [6.07, 6.45) is 5.92. The molecule has 0 bridgehead atoms. The van der Waals surface area contributed by atoms with Crippen LogP contribution in [-0.4, -0.2) is 4.98 Å². The third-order valence-corrected chi connectivity index (χ3v) is 3.56. The van der Waals surface area contributed by atoms with Crippen LogP contribution < -0.4 is 0 Å². The normalized spacial score (nSPS) is 36.2. The zero-order chi connectivity index (χ0) is 8.84. The molecule has 0 aromatic carbocycles. The summed E-state index contributed by atoms with van der Waals surface area (Å²) in [5.74, 6) is 4.73. The van der Waals surface area contributed by atoms with E-state index in [-0.39, 0.29) is 0 Å². The summed E-state index contributed by atoms with van der Waals surface area (Å²) in [7, 11) is 0. The van der Waals surface area contributed by atoms with Crippen molar-refractivity contribution in [2.45, 2.75) is 31.1 Å². The zero-order valence-corrected chi connectivity index (χ0v) is 8.13. The maximum absolute atomic E-state index is 5.63. The minimum Gasteiger partial charge on any atom is -0.444 e. The second-order valence-electron chi connectivity index (χ2n) is 4.21. The van der Waals surface area contributed by atoms with E-state index in [0.717, 1.165) is 17.6 Å². The van der Waals surface area contributed by atoms with Gasteiger partial charge in [-0.3, -0.25) is 0 Å². The Labute approximate surface area is 82.3 Å². The Kier molecular flexibility index (Phi) is 1.66. The summed E-state index contributed by atoms with van der Waals surface area (Å²) in [6.45, 7) is 0. The first-order valence-corrected chi connectivity index (χ1v) is 5.41. The molecule has 1 heterocycles. The molecule has 2 aliphatic rings. The molecule has 1 aromatic rings. The van der Waals surface area contributed by atoms with Gasteiger partial charge in [-0.25, -0.2) is 4.98 Å². The minimum absolute atomic E-state index is 0.388. The molecule has 2 fully saturated rings. The van der Waals surface area contributed by atoms with Crippen LogP contribution in [-0.2, 0) is 5.88 Å². The highest BCUT2D eigenvalue weighted by molar-refractivity contribution is 6.16. The summed E-state index contributed by atoms with van der Waals surface area (Å²) in [4.78, 5) is 4.12. The monoisotopic (exact) mass is 197 g/mol. The van der Waals surface area contributed by atoms with Crippen LogP contribution in [0.2, 0.25) is 0 Å². The van der Waals surface area contributed by atoms with Crippen molar-refractivity contribution in [1.29, 1.82) is 0 Å². The van der Waals surface area contributed by atoms with E-state index in [4.69, 9.17) is 16.0 Å². The lowest BCUT2D eigenvalue weighted by Gasteiger charge is -2.05. The Bertz CT molecular complexity index is 312. The Morgan fingerprint density at radius 1 is 1.38 bits per heavy atom. The second kappa shape index (κ2) is 2.74. The van der Waals surface area contributed by atoms with Gasteiger partial charge in [-0.05, 0) is 31.1 Å². The lowest BCUT2D eigenvalue weighted by Crippen LogP contribution is -1.92. The van der Waals surface area contributed by atoms with Crippen LogP contribution in [0.1, 0.15) is 36.8 Å². The quantitative estimate of drug-likeness (QED) is 0.682. The molecule has 2 nitrogen and oxygen atoms in total. The zero-order valence-electron chi connectivity index (χ0n) is 7.37. The van der Waals surface area contributed by atoms with E-state index in [2.05, 4.69) is 4.98 Å². The van der Waals surface area contributed by atoms with Crippen molar-refractivity contribution in [3.05, 3.63) is 17.8 Å². The maximum atomic E-state index is 5.63. The van der Waals surface area contributed by atoms with Gasteiger partial charge in [0.2, 0.25) is 5.89 Å². The van der Waals surface area contributed by atoms with Gasteiger partial charge in [-0.1, -0.05) is 0 Å². The summed E-state index contributed by atoms with van der Waals surface area (Å²) in [6, 6.07) is 0. The Morgan fingerprint density at radius 2 is 2.15 bits per heavy atom. The molecule has 2 atom stereocenters. The third kappa shape index (κ3) is 1.28. The first-order valence-electron chi connectivity index (χ1n) is 4.87. The van der Waals surface area contributed by atoms with Crippen molar-refractivity contribution in [1.82, 2.24) is 4.98 Å². The van der Waals surface area contributed by atoms with Crippen molar-refractivity contribution in [3.8, 4) is 0 Å². The summed E-state index contributed by atoms with van der Waals surface area (Å²) >= 11 is 5.63. The Hall–Kier alpha value is -0.500. The van der Waals surface area contributed by atoms with Crippen LogP contribution in [0.3, 0.4) is 0 Å². The van der Waals surface area contributed by atoms with E-state index < -0.39 is 0 Å². The minimum atomic E-state index is 0.388. The summed E-state index contributed by atoms with van der Waals surface area (Å²) < 4.78 is 5.54. The predicted octanol–water partition coefficient (Wildman–Crippen LogP) is 2.93. The molecular formula is C10H12ClNO. The van der Waals surface area contributed by atoms with E-state index >= 15 is 0 Å². The molecule has 0 saturated heterocycles. The number of oxazole rings is 1. The fourth-order valence-electron chi connectivity index (χ4n) is 2.52. The molecule has 13 heavy (non-hydrogen) atoms. The van der Waals surface area contributed by atoms with Gasteiger partial charge in [0.25, 0.3) is 0 Å². The molecule has 70 valence electrons. The lowest BCUT2D eigenvalue weighted by molar-refractivity contribution is 0.422. The van der Waals surface area contributed by atoms with Crippen LogP contribution >= 0.6 is 11.6 Å². The fraction of sp³-hybridized carbons (Fsp3) is 0.700. The van der Waals surface area contributed by atoms with Gasteiger partial charge < -0.3 is 4.42 Å². The molecule has 2 aliphatic carbocycles. The van der Waals surface area contributed by atoms with Crippen LogP contribution in [0.5, 0.6) is 0 Å². The van der Waals surface area contributed by atoms with Crippen LogP contribution in [0.4, 0.5) is 0 Å². The molecule has 3 heteroatoms. The predicted molar refractivity (Wildman–Crippen MR) is 49.6 cm³/mol. The van der Waals surface area contributed by atoms with Crippen LogP contribution in [0.15, 0.2) is 10.6 Å². The van der Waals surface area contributed by atoms with Crippen molar-refractivity contribution < 1.29 is 4.42 Å². The van der Waals surface area contributed by atoms with E-state index in [1.54, 1.807) is 0 Å². The highest BCUT2D eigenvalue weighted by atomic mass is 35.5. The number of aromatic nitrogens is 1. The highest BCUT2D eigenvalue weighted by Crippen LogP contribution is 2.57. The molecule has 0 spiro atoms. The molecular weight excluding hydrogens is 186 g/mol. The molecule has 0 N–H and O–H groups in total. The third-order valence-electron chi connectivity index (χ3n) is 3.33. The largest absolute Gasteiger partial charge is 0.444 e. The Balaban J connectivity index is 1.77. The topological polar surface area (TPSA) is 26.0 Å². The maximum Gasteiger partial charge on any atom is 0.209 e. The van der Waals surface area contributed by atoms with E-state index in [0.29, 0.717) is 17.7 Å². The van der Waals surface area contributed by atoms with E-state index in [1.807, 2.05) is 6.20 Å². The van der Waals surface area contributed by atoms with Crippen molar-refractivity contribution in [3.63, 3.8) is 0 Å². The van der Waals surface area contributed by atoms with Crippen molar-refractivity contribution >= 4 is 11.6 Å². The number of alkyl halides is 1. The van der Waals surface area contributed by atoms with Gasteiger partial charge in [0.1, 0.15) is 5.76 Å². The second-order valence-corrected chi connectivity index (χ2v) is 4.48. The van der Waals surface area contributed by atoms with E-state index in [1.165, 1.54) is 19.3 Å². The number of hydrogen-bond acceptors (Lipinski definition) is 2. The standard InChI is InChI=1S/C10H12ClNO/c11-4-10-12-5-9(13-10)8-2-6-1-7(6)3-8/h5-8H,1-4H2. The van der Waals surface area contributed by atoms with Gasteiger partial charge in [0, 0.05) is 5.92 Å². The van der Waals surface area contributed by atoms with Crippen LogP contribution in [0, 0.1) is 11.8 Å². The van der Waals surface area contributed by atoms with Crippen molar-refractivity contribution in [2.24, 2.45) is 11.8 Å². The highest BCUT2D eigenvalue weighted by Gasteiger charge is 2.47. The number of nitrogens with zero attached hydrogens (tertiary/aromatic N) is 1. The molecule has 0 amide bonds. The lowest BCUT2D eigenvalue weighted by atomic mass is 10.0.